The molecule has 0 heterocycles. The smallest absolute Gasteiger partial charge is 0.233 e. The van der Waals surface area contributed by atoms with Gasteiger partial charge in [-0.1, -0.05) is 30.3 Å². The summed E-state index contributed by atoms with van der Waals surface area (Å²) in [6, 6.07) is 17.0. The van der Waals surface area contributed by atoms with Crippen molar-refractivity contribution in [1.29, 1.82) is 0 Å². The van der Waals surface area contributed by atoms with E-state index in [2.05, 4.69) is 10.6 Å². The number of anilines is 1. The molecule has 0 spiro atoms. The van der Waals surface area contributed by atoms with Crippen LogP contribution in [0.4, 0.5) is 5.69 Å². The molecule has 2 aromatic rings. The van der Waals surface area contributed by atoms with E-state index in [1.165, 1.54) is 0 Å². The summed E-state index contributed by atoms with van der Waals surface area (Å²) in [6.45, 7) is 4.19. The highest BCUT2D eigenvalue weighted by Crippen LogP contribution is 2.17. The minimum absolute atomic E-state index is 0.0198. The molecule has 24 heavy (non-hydrogen) atoms. The Hall–Kier alpha value is -2.82. The summed E-state index contributed by atoms with van der Waals surface area (Å²) in [5.74, 6) is 0.0887. The van der Waals surface area contributed by atoms with Gasteiger partial charge in [0.05, 0.1) is 0 Å². The van der Waals surface area contributed by atoms with E-state index in [-0.39, 0.29) is 24.3 Å². The molecule has 2 amide bonds. The highest BCUT2D eigenvalue weighted by molar-refractivity contribution is 6.03. The number of benzene rings is 2. The topological polar surface area (TPSA) is 67.4 Å². The van der Waals surface area contributed by atoms with Crippen LogP contribution in [0.3, 0.4) is 0 Å². The monoisotopic (exact) mass is 326 g/mol. The molecule has 0 aliphatic carbocycles. The molecule has 0 unspecified atom stereocenters. The number of hydrogen-bond acceptors (Lipinski definition) is 3. The normalized spacial score (nSPS) is 10.3. The summed E-state index contributed by atoms with van der Waals surface area (Å²) in [5, 5.41) is 5.37. The van der Waals surface area contributed by atoms with Gasteiger partial charge in [0.15, 0.2) is 0 Å². The molecule has 0 saturated heterocycles. The first kappa shape index (κ1) is 17.5. The van der Waals surface area contributed by atoms with Crippen molar-refractivity contribution in [2.24, 2.45) is 0 Å². The highest BCUT2D eigenvalue weighted by atomic mass is 16.5. The Balaban J connectivity index is 1.81. The summed E-state index contributed by atoms with van der Waals surface area (Å²) in [5.41, 5.74) is 1.72. The number of hydrogen-bond donors (Lipinski definition) is 2. The molecule has 0 radical (unpaired) electrons. The lowest BCUT2D eigenvalue weighted by Crippen LogP contribution is -2.33. The van der Waals surface area contributed by atoms with Crippen molar-refractivity contribution in [3.05, 3.63) is 60.2 Å². The van der Waals surface area contributed by atoms with Gasteiger partial charge < -0.3 is 15.4 Å². The molecule has 126 valence electrons. The zero-order chi connectivity index (χ0) is 17.4. The van der Waals surface area contributed by atoms with Crippen LogP contribution in [-0.2, 0) is 16.2 Å². The van der Waals surface area contributed by atoms with Crippen LogP contribution in [0.1, 0.15) is 25.8 Å². The third kappa shape index (κ3) is 6.12. The summed E-state index contributed by atoms with van der Waals surface area (Å²) >= 11 is 0. The van der Waals surface area contributed by atoms with Crippen LogP contribution in [0.5, 0.6) is 5.75 Å². The molecule has 5 nitrogen and oxygen atoms in total. The van der Waals surface area contributed by atoms with Gasteiger partial charge in [-0.15, -0.1) is 0 Å². The number of ether oxygens (including phenoxy) is 1. The summed E-state index contributed by atoms with van der Waals surface area (Å²) in [7, 11) is 0. The minimum atomic E-state index is -0.342. The second-order valence-corrected chi connectivity index (χ2v) is 5.75. The fourth-order valence-corrected chi connectivity index (χ4v) is 2.10. The number of amides is 2. The van der Waals surface area contributed by atoms with Gasteiger partial charge in [0.2, 0.25) is 11.8 Å². The molecule has 0 saturated carbocycles. The quantitative estimate of drug-likeness (QED) is 0.768. The van der Waals surface area contributed by atoms with Crippen molar-refractivity contribution >= 4 is 17.5 Å². The first-order valence-electron chi connectivity index (χ1n) is 7.89. The average Bonchev–Trinajstić information content (AvgIpc) is 2.54. The molecule has 2 N–H and O–H groups in total. The third-order valence-electron chi connectivity index (χ3n) is 3.16. The van der Waals surface area contributed by atoms with Gasteiger partial charge >= 0.3 is 0 Å². The van der Waals surface area contributed by atoms with Crippen molar-refractivity contribution in [1.82, 2.24) is 5.32 Å². The second-order valence-electron chi connectivity index (χ2n) is 5.75. The van der Waals surface area contributed by atoms with Gasteiger partial charge in [0.1, 0.15) is 18.8 Å². The van der Waals surface area contributed by atoms with Crippen molar-refractivity contribution in [3.8, 4) is 5.75 Å². The molecule has 5 heteroatoms. The van der Waals surface area contributed by atoms with E-state index in [4.69, 9.17) is 4.74 Å². The van der Waals surface area contributed by atoms with Gasteiger partial charge in [0.25, 0.3) is 0 Å². The Kier molecular flexibility index (Phi) is 6.37. The maximum absolute atomic E-state index is 11.8. The maximum Gasteiger partial charge on any atom is 0.233 e. The lowest BCUT2D eigenvalue weighted by molar-refractivity contribution is -0.127. The van der Waals surface area contributed by atoms with E-state index < -0.39 is 0 Å². The Bertz CT molecular complexity index is 667. The van der Waals surface area contributed by atoms with Crippen LogP contribution < -0.4 is 15.4 Å². The molecule has 0 aliphatic heterocycles. The standard InChI is InChI=1S/C19H22N2O3/c1-14(2)20-18(22)12-19(23)21-16-8-10-17(11-9-16)24-13-15-6-4-3-5-7-15/h3-11,14H,12-13H2,1-2H3,(H,20,22)(H,21,23). The number of carbonyl (C=O) groups excluding carboxylic acids is 2. The number of carbonyl (C=O) groups is 2. The largest absolute Gasteiger partial charge is 0.489 e. The van der Waals surface area contributed by atoms with E-state index in [9.17, 15) is 9.59 Å². The molecule has 2 aromatic carbocycles. The molecule has 0 atom stereocenters. The fourth-order valence-electron chi connectivity index (χ4n) is 2.10. The van der Waals surface area contributed by atoms with Crippen LogP contribution in [-0.4, -0.2) is 17.9 Å². The van der Waals surface area contributed by atoms with Crippen LogP contribution in [0.15, 0.2) is 54.6 Å². The summed E-state index contributed by atoms with van der Waals surface area (Å²) in [4.78, 5) is 23.3. The highest BCUT2D eigenvalue weighted by Gasteiger charge is 2.10. The first-order chi connectivity index (χ1) is 11.5. The Labute approximate surface area is 142 Å². The van der Waals surface area contributed by atoms with E-state index in [0.29, 0.717) is 12.3 Å². The van der Waals surface area contributed by atoms with Crippen LogP contribution in [0, 0.1) is 0 Å². The Morgan fingerprint density at radius 1 is 0.958 bits per heavy atom. The predicted molar refractivity (Wildman–Crippen MR) is 93.7 cm³/mol. The van der Waals surface area contributed by atoms with Gasteiger partial charge in [0, 0.05) is 11.7 Å². The van der Waals surface area contributed by atoms with Crippen molar-refractivity contribution in [3.63, 3.8) is 0 Å². The van der Waals surface area contributed by atoms with Gasteiger partial charge in [-0.2, -0.15) is 0 Å². The fraction of sp³-hybridized carbons (Fsp3) is 0.263. The van der Waals surface area contributed by atoms with Crippen LogP contribution >= 0.6 is 0 Å². The van der Waals surface area contributed by atoms with E-state index >= 15 is 0 Å². The second kappa shape index (κ2) is 8.72. The lowest BCUT2D eigenvalue weighted by Gasteiger charge is -2.10. The molecule has 0 fully saturated rings. The zero-order valence-electron chi connectivity index (χ0n) is 13.9. The molecule has 0 aromatic heterocycles. The minimum Gasteiger partial charge on any atom is -0.489 e. The van der Waals surface area contributed by atoms with E-state index in [1.54, 1.807) is 24.3 Å². The number of rotatable bonds is 7. The molecular weight excluding hydrogens is 304 g/mol. The predicted octanol–water partition coefficient (Wildman–Crippen LogP) is 3.12. The molecular formula is C19H22N2O3. The van der Waals surface area contributed by atoms with Crippen molar-refractivity contribution in [2.45, 2.75) is 32.9 Å². The maximum atomic E-state index is 11.8. The van der Waals surface area contributed by atoms with E-state index in [0.717, 1.165) is 11.3 Å². The van der Waals surface area contributed by atoms with Crippen LogP contribution in [0.25, 0.3) is 0 Å². The van der Waals surface area contributed by atoms with Gasteiger partial charge in [-0.05, 0) is 43.7 Å². The Morgan fingerprint density at radius 2 is 1.62 bits per heavy atom. The summed E-state index contributed by atoms with van der Waals surface area (Å²) in [6.07, 6.45) is -0.190. The van der Waals surface area contributed by atoms with Crippen molar-refractivity contribution < 1.29 is 14.3 Å². The van der Waals surface area contributed by atoms with Crippen LogP contribution in [0.2, 0.25) is 0 Å². The number of nitrogens with one attached hydrogen (secondary N) is 2. The zero-order valence-corrected chi connectivity index (χ0v) is 13.9. The molecule has 0 aliphatic rings. The lowest BCUT2D eigenvalue weighted by atomic mass is 10.2. The van der Waals surface area contributed by atoms with Gasteiger partial charge in [-0.25, -0.2) is 0 Å². The summed E-state index contributed by atoms with van der Waals surface area (Å²) < 4.78 is 5.68. The SMILES string of the molecule is CC(C)NC(=O)CC(=O)Nc1ccc(OCc2ccccc2)cc1. The molecule has 0 bridgehead atoms. The average molecular weight is 326 g/mol. The van der Waals surface area contributed by atoms with E-state index in [1.807, 2.05) is 44.2 Å². The third-order valence-corrected chi connectivity index (χ3v) is 3.16. The van der Waals surface area contributed by atoms with Crippen molar-refractivity contribution in [2.75, 3.05) is 5.32 Å². The first-order valence-corrected chi connectivity index (χ1v) is 7.89. The van der Waals surface area contributed by atoms with Gasteiger partial charge in [-0.3, -0.25) is 9.59 Å². The Morgan fingerprint density at radius 3 is 2.25 bits per heavy atom. The molecule has 2 rings (SSSR count).